The van der Waals surface area contributed by atoms with Gasteiger partial charge in [0.25, 0.3) is 5.91 Å². The predicted octanol–water partition coefficient (Wildman–Crippen LogP) is 7.52. The van der Waals surface area contributed by atoms with Crippen LogP contribution in [0.5, 0.6) is 5.75 Å². The number of aromatic hydroxyl groups is 1. The van der Waals surface area contributed by atoms with Gasteiger partial charge in [-0.15, -0.1) is 0 Å². The van der Waals surface area contributed by atoms with Gasteiger partial charge in [-0.25, -0.2) is 4.79 Å². The Balaban J connectivity index is 1.56. The number of nitrogens with zero attached hydrogens (tertiary/aromatic N) is 1. The molecule has 0 aromatic heterocycles. The second-order valence-corrected chi connectivity index (χ2v) is 9.43. The molecule has 1 amide bonds. The normalized spacial score (nSPS) is 14.0. The molecule has 1 aliphatic rings. The molecule has 202 valence electrons. The number of aryl methyl sites for hydroxylation is 2. The minimum absolute atomic E-state index is 0.0511. The second kappa shape index (κ2) is 9.92. The lowest BCUT2D eigenvalue weighted by Gasteiger charge is -2.19. The summed E-state index contributed by atoms with van der Waals surface area (Å²) in [6.45, 7) is 3.75. The van der Waals surface area contributed by atoms with E-state index >= 15 is 0 Å². The zero-order valence-corrected chi connectivity index (χ0v) is 21.4. The van der Waals surface area contributed by atoms with Crippen molar-refractivity contribution in [3.63, 3.8) is 0 Å². The first-order valence-electron chi connectivity index (χ1n) is 12.2. The number of benzene rings is 4. The van der Waals surface area contributed by atoms with E-state index in [0.29, 0.717) is 22.4 Å². The van der Waals surface area contributed by atoms with Crippen LogP contribution in [0.2, 0.25) is 0 Å². The predicted molar refractivity (Wildman–Crippen MR) is 147 cm³/mol. The van der Waals surface area contributed by atoms with Crippen molar-refractivity contribution in [1.29, 1.82) is 0 Å². The molecule has 5 rings (SSSR count). The molecular formula is C31H23F3N2O4. The van der Waals surface area contributed by atoms with E-state index < -0.39 is 23.6 Å². The number of para-hydroxylation sites is 1. The molecule has 40 heavy (non-hydrogen) atoms. The summed E-state index contributed by atoms with van der Waals surface area (Å²) in [4.78, 5) is 26.3. The molecule has 0 radical (unpaired) electrons. The highest BCUT2D eigenvalue weighted by molar-refractivity contribution is 6.35. The van der Waals surface area contributed by atoms with E-state index in [-0.39, 0.29) is 28.3 Å². The number of alkyl halides is 3. The Bertz CT molecular complexity index is 1710. The Morgan fingerprint density at radius 3 is 2.35 bits per heavy atom. The summed E-state index contributed by atoms with van der Waals surface area (Å²) >= 11 is 0. The highest BCUT2D eigenvalue weighted by atomic mass is 19.4. The molecule has 0 unspecified atom stereocenters. The Labute approximate surface area is 227 Å². The summed E-state index contributed by atoms with van der Waals surface area (Å²) in [5.41, 5.74) is 3.01. The van der Waals surface area contributed by atoms with Crippen molar-refractivity contribution in [2.24, 2.45) is 0 Å². The molecule has 0 spiro atoms. The van der Waals surface area contributed by atoms with Gasteiger partial charge >= 0.3 is 12.1 Å². The lowest BCUT2D eigenvalue weighted by Crippen LogP contribution is -2.21. The first-order valence-corrected chi connectivity index (χ1v) is 12.2. The quantitative estimate of drug-likeness (QED) is 0.179. The van der Waals surface area contributed by atoms with Gasteiger partial charge in [-0.2, -0.15) is 13.2 Å². The van der Waals surface area contributed by atoms with Crippen LogP contribution in [0.15, 0.2) is 85.1 Å². The van der Waals surface area contributed by atoms with E-state index in [1.165, 1.54) is 29.3 Å². The molecule has 0 saturated carbocycles. The van der Waals surface area contributed by atoms with Gasteiger partial charge in [0.1, 0.15) is 5.75 Å². The van der Waals surface area contributed by atoms with Gasteiger partial charge in [0.05, 0.1) is 28.1 Å². The lowest BCUT2D eigenvalue weighted by molar-refractivity contribution is -0.137. The minimum atomic E-state index is -4.60. The molecule has 1 heterocycles. The minimum Gasteiger partial charge on any atom is -0.505 e. The van der Waals surface area contributed by atoms with Crippen LogP contribution < -0.4 is 10.2 Å². The fourth-order valence-electron chi connectivity index (χ4n) is 4.59. The number of carboxylic acids is 1. The van der Waals surface area contributed by atoms with Crippen LogP contribution in [0.3, 0.4) is 0 Å². The third-order valence-electron chi connectivity index (χ3n) is 6.87. The number of hydrogen-bond acceptors (Lipinski definition) is 4. The number of anilines is 3. The number of aromatic carboxylic acids is 1. The molecule has 4 aromatic rings. The fraction of sp³-hybridized carbons (Fsp3) is 0.0968. The van der Waals surface area contributed by atoms with Crippen molar-refractivity contribution in [2.75, 3.05) is 10.2 Å². The topological polar surface area (TPSA) is 89.9 Å². The van der Waals surface area contributed by atoms with Crippen molar-refractivity contribution in [1.82, 2.24) is 0 Å². The third-order valence-corrected chi connectivity index (χ3v) is 6.87. The molecule has 4 aromatic carbocycles. The Kier molecular flexibility index (Phi) is 6.59. The van der Waals surface area contributed by atoms with Crippen LogP contribution in [0, 0.1) is 13.8 Å². The number of nitrogens with one attached hydrogen (secondary N) is 1. The maximum atomic E-state index is 13.6. The number of halogens is 3. The van der Waals surface area contributed by atoms with Crippen LogP contribution in [-0.2, 0) is 11.0 Å². The van der Waals surface area contributed by atoms with E-state index in [2.05, 4.69) is 5.32 Å². The summed E-state index contributed by atoms with van der Waals surface area (Å²) in [7, 11) is 0. The van der Waals surface area contributed by atoms with Gasteiger partial charge in [-0.05, 0) is 73.0 Å². The molecule has 0 bridgehead atoms. The second-order valence-electron chi connectivity index (χ2n) is 9.43. The molecule has 0 aliphatic carbocycles. The Morgan fingerprint density at radius 2 is 1.65 bits per heavy atom. The zero-order chi connectivity index (χ0) is 28.8. The van der Waals surface area contributed by atoms with Crippen molar-refractivity contribution >= 4 is 34.5 Å². The standard InChI is InChI=1S/C31H23F3N2O4/c1-17-9-11-22(13-18(17)2)36-27-15-21(31(32,33)34)10-12-24(27)25(29(36)38)16-35-26-8-4-7-23(28(26)37)19-5-3-6-20(14-19)30(39)40/h3-16,35,37H,1-2H3,(H,39,40)/b25-16-. The van der Waals surface area contributed by atoms with E-state index in [0.717, 1.165) is 23.3 Å². The first kappa shape index (κ1) is 26.6. The average molecular weight is 545 g/mol. The molecule has 6 nitrogen and oxygen atoms in total. The molecule has 3 N–H and O–H groups in total. The molecule has 0 fully saturated rings. The van der Waals surface area contributed by atoms with Gasteiger partial charge in [0, 0.05) is 23.0 Å². The van der Waals surface area contributed by atoms with Gasteiger partial charge < -0.3 is 15.5 Å². The summed E-state index contributed by atoms with van der Waals surface area (Å²) < 4.78 is 40.7. The average Bonchev–Trinajstić information content (AvgIpc) is 3.19. The van der Waals surface area contributed by atoms with Gasteiger partial charge in [0.2, 0.25) is 0 Å². The summed E-state index contributed by atoms with van der Waals surface area (Å²) in [6.07, 6.45) is -3.25. The number of phenolic OH excluding ortho intramolecular Hbond substituents is 1. The smallest absolute Gasteiger partial charge is 0.416 e. The number of carbonyl (C=O) groups is 2. The Hall–Kier alpha value is -5.05. The maximum Gasteiger partial charge on any atom is 0.416 e. The van der Waals surface area contributed by atoms with Crippen LogP contribution >= 0.6 is 0 Å². The van der Waals surface area contributed by atoms with E-state index in [1.807, 2.05) is 13.8 Å². The molecule has 0 saturated heterocycles. The molecular weight excluding hydrogens is 521 g/mol. The zero-order valence-electron chi connectivity index (χ0n) is 21.4. The van der Waals surface area contributed by atoms with Gasteiger partial charge in [-0.3, -0.25) is 9.69 Å². The van der Waals surface area contributed by atoms with Gasteiger partial charge in [-0.1, -0.05) is 36.4 Å². The van der Waals surface area contributed by atoms with Crippen LogP contribution in [0.1, 0.15) is 32.6 Å². The number of carboxylic acid groups (broad SMARTS) is 1. The summed E-state index contributed by atoms with van der Waals surface area (Å²) in [5, 5.41) is 23.2. The number of rotatable bonds is 5. The van der Waals surface area contributed by atoms with Crippen molar-refractivity contribution in [3.8, 4) is 16.9 Å². The molecule has 1 aliphatic heterocycles. The van der Waals surface area contributed by atoms with Gasteiger partial charge in [0.15, 0.2) is 0 Å². The van der Waals surface area contributed by atoms with E-state index in [1.54, 1.807) is 48.5 Å². The number of hydrogen-bond donors (Lipinski definition) is 3. The van der Waals surface area contributed by atoms with E-state index in [9.17, 15) is 33.0 Å². The molecule has 9 heteroatoms. The third kappa shape index (κ3) is 4.77. The van der Waals surface area contributed by atoms with Crippen LogP contribution in [0.4, 0.5) is 30.2 Å². The largest absolute Gasteiger partial charge is 0.505 e. The first-order chi connectivity index (χ1) is 19.0. The maximum absolute atomic E-state index is 13.6. The molecule has 0 atom stereocenters. The number of phenols is 1. The lowest BCUT2D eigenvalue weighted by atomic mass is 10.0. The summed E-state index contributed by atoms with van der Waals surface area (Å²) in [5.74, 6) is -1.83. The number of amides is 1. The monoisotopic (exact) mass is 544 g/mol. The van der Waals surface area contributed by atoms with Crippen LogP contribution in [0.25, 0.3) is 16.7 Å². The van der Waals surface area contributed by atoms with Crippen LogP contribution in [-0.4, -0.2) is 22.1 Å². The summed E-state index contributed by atoms with van der Waals surface area (Å²) in [6, 6.07) is 19.3. The fourth-order valence-corrected chi connectivity index (χ4v) is 4.59. The highest BCUT2D eigenvalue weighted by Gasteiger charge is 2.38. The number of fused-ring (bicyclic) bond motifs is 1. The van der Waals surface area contributed by atoms with Crippen molar-refractivity contribution in [2.45, 2.75) is 20.0 Å². The highest BCUT2D eigenvalue weighted by Crippen LogP contribution is 2.45. The number of carbonyl (C=O) groups excluding carboxylic acids is 1. The SMILES string of the molecule is Cc1ccc(N2C(=O)/C(=C\Nc3cccc(-c4cccc(C(=O)O)c4)c3O)c3ccc(C(F)(F)F)cc32)cc1C. The van der Waals surface area contributed by atoms with E-state index in [4.69, 9.17) is 0 Å². The van der Waals surface area contributed by atoms with Crippen molar-refractivity contribution in [3.05, 3.63) is 113 Å². The van der Waals surface area contributed by atoms with Crippen molar-refractivity contribution < 1.29 is 33.0 Å². The Morgan fingerprint density at radius 1 is 0.900 bits per heavy atom.